The summed E-state index contributed by atoms with van der Waals surface area (Å²) in [6.07, 6.45) is 2.15. The van der Waals surface area contributed by atoms with E-state index in [1.54, 1.807) is 19.1 Å². The van der Waals surface area contributed by atoms with E-state index in [-0.39, 0.29) is 0 Å². The summed E-state index contributed by atoms with van der Waals surface area (Å²) in [6, 6.07) is 8.46. The Bertz CT molecular complexity index is 307. The van der Waals surface area contributed by atoms with E-state index in [1.165, 1.54) is 5.56 Å². The normalized spacial score (nSPS) is 20.5. The van der Waals surface area contributed by atoms with Crippen molar-refractivity contribution in [3.63, 3.8) is 0 Å². The van der Waals surface area contributed by atoms with Gasteiger partial charge in [0.2, 0.25) is 0 Å². The fourth-order valence-corrected chi connectivity index (χ4v) is 1.94. The minimum absolute atomic E-state index is 0.343. The third-order valence-electron chi connectivity index (χ3n) is 2.01. The van der Waals surface area contributed by atoms with Gasteiger partial charge in [-0.2, -0.15) is 0 Å². The zero-order valence-corrected chi connectivity index (χ0v) is 8.17. The molecule has 1 aromatic rings. The first-order valence-corrected chi connectivity index (χ1v) is 5.00. The first-order valence-electron chi connectivity index (χ1n) is 4.12. The molecule has 13 heavy (non-hydrogen) atoms. The van der Waals surface area contributed by atoms with E-state index in [0.717, 1.165) is 5.75 Å². The van der Waals surface area contributed by atoms with Crippen molar-refractivity contribution in [1.29, 1.82) is 0 Å². The highest BCUT2D eigenvalue weighted by molar-refractivity contribution is 8.00. The highest BCUT2D eigenvalue weighted by atomic mass is 32.2. The number of rotatable bonds is 2. The van der Waals surface area contributed by atoms with E-state index >= 15 is 0 Å². The van der Waals surface area contributed by atoms with E-state index in [0.29, 0.717) is 6.04 Å². The highest BCUT2D eigenvalue weighted by Crippen LogP contribution is 2.25. The first-order chi connectivity index (χ1) is 6.40. The Morgan fingerprint density at radius 2 is 2.08 bits per heavy atom. The maximum atomic E-state index is 5.09. The molecule has 0 radical (unpaired) electrons. The lowest BCUT2D eigenvalue weighted by atomic mass is 10.1. The molecule has 1 unspecified atom stereocenters. The Kier molecular flexibility index (Phi) is 2.57. The molecule has 1 aromatic carbocycles. The van der Waals surface area contributed by atoms with Crippen LogP contribution in [0.25, 0.3) is 0 Å². The van der Waals surface area contributed by atoms with Crippen LogP contribution in [0.1, 0.15) is 11.6 Å². The zero-order chi connectivity index (χ0) is 9.10. The van der Waals surface area contributed by atoms with Crippen LogP contribution >= 0.6 is 11.9 Å². The lowest BCUT2D eigenvalue weighted by Gasteiger charge is -2.08. The number of ether oxygens (including phenoxy) is 1. The Balaban J connectivity index is 2.17. The van der Waals surface area contributed by atoms with Crippen LogP contribution in [0.3, 0.4) is 0 Å². The minimum Gasteiger partial charge on any atom is -0.497 e. The largest absolute Gasteiger partial charge is 0.497 e. The molecule has 0 aromatic heterocycles. The summed E-state index contributed by atoms with van der Waals surface area (Å²) in [5.41, 5.74) is 1.27. The number of hydrogen-bond donors (Lipinski definition) is 1. The molecule has 68 valence electrons. The third-order valence-corrected chi connectivity index (χ3v) is 2.69. The van der Waals surface area contributed by atoms with Gasteiger partial charge in [0.05, 0.1) is 13.2 Å². The van der Waals surface area contributed by atoms with Crippen LogP contribution in [0.2, 0.25) is 0 Å². The molecular weight excluding hydrogens is 182 g/mol. The maximum Gasteiger partial charge on any atom is 0.118 e. The molecular formula is C10H11NOS. The smallest absolute Gasteiger partial charge is 0.118 e. The summed E-state index contributed by atoms with van der Waals surface area (Å²) < 4.78 is 8.36. The molecule has 1 N–H and O–H groups in total. The molecule has 1 atom stereocenters. The Hall–Kier alpha value is -0.930. The lowest BCUT2D eigenvalue weighted by molar-refractivity contribution is 0.414. The summed E-state index contributed by atoms with van der Waals surface area (Å²) in [5, 5.41) is 2.06. The molecule has 2 rings (SSSR count). The Labute approximate surface area is 82.1 Å². The van der Waals surface area contributed by atoms with E-state index < -0.39 is 0 Å². The van der Waals surface area contributed by atoms with Crippen molar-refractivity contribution in [2.75, 3.05) is 7.11 Å². The van der Waals surface area contributed by atoms with Crippen LogP contribution in [-0.2, 0) is 0 Å². The van der Waals surface area contributed by atoms with Crippen molar-refractivity contribution in [2.45, 2.75) is 6.04 Å². The van der Waals surface area contributed by atoms with Crippen LogP contribution in [-0.4, -0.2) is 7.11 Å². The standard InChI is InChI=1S/C10H11NOS/c1-12-9-4-2-8(3-5-9)10-6-7-13-11-10/h2-7,10-11H,1H3. The Morgan fingerprint density at radius 1 is 1.31 bits per heavy atom. The summed E-state index contributed by atoms with van der Waals surface area (Å²) >= 11 is 1.63. The number of benzene rings is 1. The average Bonchev–Trinajstić information content (AvgIpc) is 2.71. The van der Waals surface area contributed by atoms with E-state index in [2.05, 4.69) is 28.3 Å². The molecule has 0 saturated heterocycles. The molecule has 3 heteroatoms. The molecule has 0 fully saturated rings. The fraction of sp³-hybridized carbons (Fsp3) is 0.200. The van der Waals surface area contributed by atoms with Gasteiger partial charge in [0.25, 0.3) is 0 Å². The first kappa shape index (κ1) is 8.66. The SMILES string of the molecule is COc1ccc(C2C=CSN2)cc1. The molecule has 0 saturated carbocycles. The fourth-order valence-electron chi connectivity index (χ4n) is 1.26. The number of methoxy groups -OCH3 is 1. The summed E-state index contributed by atoms with van der Waals surface area (Å²) in [7, 11) is 1.68. The summed E-state index contributed by atoms with van der Waals surface area (Å²) in [6.45, 7) is 0. The molecule has 2 nitrogen and oxygen atoms in total. The van der Waals surface area contributed by atoms with E-state index in [4.69, 9.17) is 4.74 Å². The molecule has 1 aliphatic heterocycles. The van der Waals surface area contributed by atoms with Crippen LogP contribution < -0.4 is 9.46 Å². The second-order valence-electron chi connectivity index (χ2n) is 2.82. The zero-order valence-electron chi connectivity index (χ0n) is 7.36. The van der Waals surface area contributed by atoms with Gasteiger partial charge in [-0.15, -0.1) is 0 Å². The topological polar surface area (TPSA) is 21.3 Å². The van der Waals surface area contributed by atoms with Crippen molar-refractivity contribution in [3.05, 3.63) is 41.3 Å². The second-order valence-corrected chi connectivity index (χ2v) is 3.56. The molecule has 0 spiro atoms. The average molecular weight is 193 g/mol. The summed E-state index contributed by atoms with van der Waals surface area (Å²) in [4.78, 5) is 0. The van der Waals surface area contributed by atoms with Gasteiger partial charge in [0, 0.05) is 0 Å². The van der Waals surface area contributed by atoms with Crippen LogP contribution in [0.4, 0.5) is 0 Å². The van der Waals surface area contributed by atoms with E-state index in [9.17, 15) is 0 Å². The van der Waals surface area contributed by atoms with Gasteiger partial charge in [-0.25, -0.2) is 4.72 Å². The van der Waals surface area contributed by atoms with Gasteiger partial charge in [0.15, 0.2) is 0 Å². The third kappa shape index (κ3) is 1.87. The molecule has 1 aliphatic rings. The van der Waals surface area contributed by atoms with Crippen LogP contribution in [0.5, 0.6) is 5.75 Å². The molecule has 0 aliphatic carbocycles. The summed E-state index contributed by atoms with van der Waals surface area (Å²) in [5.74, 6) is 0.901. The van der Waals surface area contributed by atoms with Gasteiger partial charge >= 0.3 is 0 Å². The minimum atomic E-state index is 0.343. The van der Waals surface area contributed by atoms with Crippen molar-refractivity contribution in [3.8, 4) is 5.75 Å². The van der Waals surface area contributed by atoms with Crippen LogP contribution in [0, 0.1) is 0 Å². The number of hydrogen-bond acceptors (Lipinski definition) is 3. The molecule has 1 heterocycles. The van der Waals surface area contributed by atoms with Gasteiger partial charge in [-0.3, -0.25) is 0 Å². The van der Waals surface area contributed by atoms with Crippen LogP contribution in [0.15, 0.2) is 35.7 Å². The molecule has 0 bridgehead atoms. The Morgan fingerprint density at radius 3 is 2.62 bits per heavy atom. The monoisotopic (exact) mass is 193 g/mol. The van der Waals surface area contributed by atoms with Gasteiger partial charge < -0.3 is 4.74 Å². The number of nitrogens with one attached hydrogen (secondary N) is 1. The van der Waals surface area contributed by atoms with Gasteiger partial charge in [-0.1, -0.05) is 30.2 Å². The van der Waals surface area contributed by atoms with Crippen molar-refractivity contribution in [2.24, 2.45) is 0 Å². The predicted octanol–water partition coefficient (Wildman–Crippen LogP) is 2.50. The van der Waals surface area contributed by atoms with Gasteiger partial charge in [-0.05, 0) is 23.1 Å². The second kappa shape index (κ2) is 3.85. The van der Waals surface area contributed by atoms with Gasteiger partial charge in [0.1, 0.15) is 5.75 Å². The lowest BCUT2D eigenvalue weighted by Crippen LogP contribution is -2.06. The maximum absolute atomic E-state index is 5.09. The van der Waals surface area contributed by atoms with E-state index in [1.807, 2.05) is 12.1 Å². The molecule has 0 amide bonds. The highest BCUT2D eigenvalue weighted by Gasteiger charge is 2.10. The van der Waals surface area contributed by atoms with Crippen molar-refractivity contribution >= 4 is 11.9 Å². The van der Waals surface area contributed by atoms with Crippen molar-refractivity contribution < 1.29 is 4.74 Å². The quantitative estimate of drug-likeness (QED) is 0.729. The van der Waals surface area contributed by atoms with Crippen molar-refractivity contribution in [1.82, 2.24) is 4.72 Å². The predicted molar refractivity (Wildman–Crippen MR) is 55.6 cm³/mol.